The van der Waals surface area contributed by atoms with E-state index >= 15 is 0 Å². The van der Waals surface area contributed by atoms with Crippen molar-refractivity contribution >= 4 is 29.3 Å². The Morgan fingerprint density at radius 3 is 2.44 bits per heavy atom. The molecule has 7 nitrogen and oxygen atoms in total. The van der Waals surface area contributed by atoms with Crippen LogP contribution in [0.5, 0.6) is 0 Å². The number of anilines is 1. The quantitative estimate of drug-likeness (QED) is 0.549. The van der Waals surface area contributed by atoms with Gasteiger partial charge in [-0.1, -0.05) is 18.2 Å². The Morgan fingerprint density at radius 2 is 1.72 bits per heavy atom. The number of nitrogens with two attached hydrogens (primary N) is 1. The summed E-state index contributed by atoms with van der Waals surface area (Å²) in [7, 11) is 0. The van der Waals surface area contributed by atoms with Crippen LogP contribution in [0.3, 0.4) is 0 Å². The fourth-order valence-corrected chi connectivity index (χ4v) is 2.71. The van der Waals surface area contributed by atoms with Crippen LogP contribution in [0.2, 0.25) is 0 Å². The lowest BCUT2D eigenvalue weighted by Gasteiger charge is -2.13. The summed E-state index contributed by atoms with van der Waals surface area (Å²) in [5.74, 6) is -0.870. The monoisotopic (exact) mass is 331 g/mol. The Kier molecular flexibility index (Phi) is 3.39. The van der Waals surface area contributed by atoms with E-state index in [0.717, 1.165) is 5.56 Å². The van der Waals surface area contributed by atoms with Crippen LogP contribution in [0, 0.1) is 0 Å². The van der Waals surface area contributed by atoms with E-state index in [4.69, 9.17) is 5.73 Å². The van der Waals surface area contributed by atoms with Crippen molar-refractivity contribution < 1.29 is 9.59 Å². The molecule has 3 aromatic rings. The third-order valence-corrected chi connectivity index (χ3v) is 3.89. The zero-order chi connectivity index (χ0) is 17.4. The largest absolute Gasteiger partial charge is 0.383 e. The molecule has 1 aliphatic rings. The van der Waals surface area contributed by atoms with E-state index in [0.29, 0.717) is 5.69 Å². The van der Waals surface area contributed by atoms with Crippen LogP contribution in [0.1, 0.15) is 21.6 Å². The molecule has 0 spiro atoms. The number of aromatic nitrogens is 3. The van der Waals surface area contributed by atoms with Crippen LogP contribution in [0.15, 0.2) is 54.9 Å². The second-order valence-corrected chi connectivity index (χ2v) is 5.48. The summed E-state index contributed by atoms with van der Waals surface area (Å²) in [4.78, 5) is 28.5. The number of hydrogen-bond donors (Lipinski definition) is 2. The van der Waals surface area contributed by atoms with Gasteiger partial charge in [0.2, 0.25) is 0 Å². The number of fused-ring (bicyclic) bond motifs is 1. The van der Waals surface area contributed by atoms with Crippen molar-refractivity contribution in [1.82, 2.24) is 20.1 Å². The molecule has 4 rings (SSSR count). The van der Waals surface area contributed by atoms with E-state index in [1.54, 1.807) is 30.6 Å². The molecule has 122 valence electrons. The van der Waals surface area contributed by atoms with Crippen molar-refractivity contribution in [3.8, 4) is 5.69 Å². The van der Waals surface area contributed by atoms with Gasteiger partial charge < -0.3 is 5.73 Å². The number of carbonyl (C=O) groups excluding carboxylic acids is 2. The van der Waals surface area contributed by atoms with Gasteiger partial charge in [-0.05, 0) is 35.9 Å². The smallest absolute Gasteiger partial charge is 0.264 e. The number of nitrogen functional groups attached to an aromatic ring is 1. The normalized spacial score (nSPS) is 15.1. The molecule has 2 aromatic heterocycles. The van der Waals surface area contributed by atoms with Crippen molar-refractivity contribution in [3.05, 3.63) is 71.7 Å². The first-order valence-corrected chi connectivity index (χ1v) is 7.57. The summed E-state index contributed by atoms with van der Waals surface area (Å²) < 4.78 is 1.46. The van der Waals surface area contributed by atoms with E-state index < -0.39 is 11.8 Å². The number of hydrogen-bond acceptors (Lipinski definition) is 5. The summed E-state index contributed by atoms with van der Waals surface area (Å²) in [5.41, 5.74) is 8.36. The van der Waals surface area contributed by atoms with Crippen LogP contribution in [0.4, 0.5) is 5.82 Å². The Hall–Kier alpha value is -3.74. The number of nitrogens with zero attached hydrogens (tertiary/aromatic N) is 3. The lowest BCUT2D eigenvalue weighted by Crippen LogP contribution is -2.36. The number of carbonyl (C=O) groups is 2. The molecular formula is C18H13N5O2. The average Bonchev–Trinajstić information content (AvgIpc) is 2.98. The number of amides is 2. The van der Waals surface area contributed by atoms with Crippen LogP contribution in [0.25, 0.3) is 17.3 Å². The number of imide groups is 1. The van der Waals surface area contributed by atoms with Crippen molar-refractivity contribution in [3.63, 3.8) is 0 Å². The summed E-state index contributed by atoms with van der Waals surface area (Å²) in [6, 6.07) is 12.7. The van der Waals surface area contributed by atoms with Gasteiger partial charge in [-0.3, -0.25) is 19.9 Å². The molecule has 0 saturated heterocycles. The Morgan fingerprint density at radius 1 is 1.00 bits per heavy atom. The maximum absolute atomic E-state index is 12.3. The fourth-order valence-electron chi connectivity index (χ4n) is 2.71. The average molecular weight is 331 g/mol. The third-order valence-electron chi connectivity index (χ3n) is 3.89. The number of pyridine rings is 1. The molecule has 0 radical (unpaired) electrons. The Bertz CT molecular complexity index is 1010. The molecule has 0 bridgehead atoms. The highest BCUT2D eigenvalue weighted by molar-refractivity contribution is 6.34. The summed E-state index contributed by atoms with van der Waals surface area (Å²) in [6.07, 6.45) is 4.90. The van der Waals surface area contributed by atoms with Gasteiger partial charge in [0.1, 0.15) is 17.1 Å². The van der Waals surface area contributed by atoms with E-state index in [9.17, 15) is 9.59 Å². The molecule has 25 heavy (non-hydrogen) atoms. The molecule has 0 saturated carbocycles. The van der Waals surface area contributed by atoms with Gasteiger partial charge in [-0.25, -0.2) is 4.68 Å². The second-order valence-electron chi connectivity index (χ2n) is 5.48. The van der Waals surface area contributed by atoms with Gasteiger partial charge in [0, 0.05) is 12.4 Å². The zero-order valence-corrected chi connectivity index (χ0v) is 13.0. The first-order chi connectivity index (χ1) is 12.1. The molecular weight excluding hydrogens is 318 g/mol. The highest BCUT2D eigenvalue weighted by Crippen LogP contribution is 2.30. The third kappa shape index (κ3) is 2.47. The van der Waals surface area contributed by atoms with Crippen LogP contribution in [-0.4, -0.2) is 26.6 Å². The number of para-hydroxylation sites is 1. The molecule has 0 aliphatic carbocycles. The molecule has 0 unspecified atom stereocenters. The standard InChI is InChI=1S/C18H13N5O2/c19-16-14-15(22-23(16)12-4-2-1-3-5-12)13(17(24)21-18(14)25)10-11-6-8-20-9-7-11/h1-10H,19H2,(H,21,24,25)/b13-10+. The van der Waals surface area contributed by atoms with E-state index in [-0.39, 0.29) is 22.6 Å². The summed E-state index contributed by atoms with van der Waals surface area (Å²) in [6.45, 7) is 0. The molecule has 1 aromatic carbocycles. The van der Waals surface area contributed by atoms with Crippen LogP contribution in [-0.2, 0) is 4.79 Å². The molecule has 7 heteroatoms. The van der Waals surface area contributed by atoms with Crippen LogP contribution < -0.4 is 11.1 Å². The maximum Gasteiger partial charge on any atom is 0.264 e. The lowest BCUT2D eigenvalue weighted by molar-refractivity contribution is -0.114. The lowest BCUT2D eigenvalue weighted by atomic mass is 10.00. The first-order valence-electron chi connectivity index (χ1n) is 7.57. The Labute approximate surface area is 142 Å². The second kappa shape index (κ2) is 5.72. The summed E-state index contributed by atoms with van der Waals surface area (Å²) in [5, 5.41) is 6.74. The molecule has 1 aliphatic heterocycles. The molecule has 0 atom stereocenters. The minimum atomic E-state index is -0.549. The van der Waals surface area contributed by atoms with Gasteiger partial charge in [0.25, 0.3) is 11.8 Å². The minimum Gasteiger partial charge on any atom is -0.383 e. The van der Waals surface area contributed by atoms with Crippen molar-refractivity contribution in [2.75, 3.05) is 5.73 Å². The SMILES string of the molecule is Nc1c2c(nn1-c1ccccc1)/C(=C\c1ccncc1)C(=O)NC2=O. The van der Waals surface area contributed by atoms with Gasteiger partial charge >= 0.3 is 0 Å². The number of rotatable bonds is 2. The minimum absolute atomic E-state index is 0.187. The van der Waals surface area contributed by atoms with E-state index in [1.165, 1.54) is 4.68 Å². The Balaban J connectivity index is 1.92. The van der Waals surface area contributed by atoms with Crippen LogP contribution >= 0.6 is 0 Å². The molecule has 3 heterocycles. The molecule has 2 amide bonds. The predicted molar refractivity (Wildman–Crippen MR) is 92.6 cm³/mol. The summed E-state index contributed by atoms with van der Waals surface area (Å²) >= 11 is 0. The number of benzene rings is 1. The van der Waals surface area contributed by atoms with Gasteiger partial charge in [0.05, 0.1) is 11.3 Å². The van der Waals surface area contributed by atoms with Crippen molar-refractivity contribution in [2.24, 2.45) is 0 Å². The van der Waals surface area contributed by atoms with Gasteiger partial charge in [-0.2, -0.15) is 5.10 Å². The fraction of sp³-hybridized carbons (Fsp3) is 0. The number of nitrogens with one attached hydrogen (secondary N) is 1. The van der Waals surface area contributed by atoms with E-state index in [2.05, 4.69) is 15.4 Å². The highest BCUT2D eigenvalue weighted by Gasteiger charge is 2.34. The van der Waals surface area contributed by atoms with E-state index in [1.807, 2.05) is 30.3 Å². The van der Waals surface area contributed by atoms with Gasteiger partial charge in [-0.15, -0.1) is 0 Å². The topological polar surface area (TPSA) is 103 Å². The van der Waals surface area contributed by atoms with Crippen molar-refractivity contribution in [2.45, 2.75) is 0 Å². The highest BCUT2D eigenvalue weighted by atomic mass is 16.2. The van der Waals surface area contributed by atoms with Crippen molar-refractivity contribution in [1.29, 1.82) is 0 Å². The predicted octanol–water partition coefficient (Wildman–Crippen LogP) is 1.66. The molecule has 3 N–H and O–H groups in total. The first kappa shape index (κ1) is 14.8. The van der Waals surface area contributed by atoms with Gasteiger partial charge in [0.15, 0.2) is 0 Å². The zero-order valence-electron chi connectivity index (χ0n) is 13.0. The molecule has 0 fully saturated rings. The maximum atomic E-state index is 12.3.